The molecule has 0 heterocycles. The zero-order valence-electron chi connectivity index (χ0n) is 14.3. The van der Waals surface area contributed by atoms with E-state index in [1.807, 2.05) is 13.0 Å². The summed E-state index contributed by atoms with van der Waals surface area (Å²) in [6.07, 6.45) is 0. The van der Waals surface area contributed by atoms with E-state index in [1.54, 1.807) is 30.3 Å². The quantitative estimate of drug-likeness (QED) is 0.733. The molecule has 0 aliphatic carbocycles. The Morgan fingerprint density at radius 2 is 1.80 bits per heavy atom. The summed E-state index contributed by atoms with van der Waals surface area (Å²) in [5.74, 6) is 0.137. The number of benzene rings is 2. The topological polar surface area (TPSA) is 79.5 Å². The lowest BCUT2D eigenvalue weighted by Gasteiger charge is -2.14. The van der Waals surface area contributed by atoms with Crippen molar-refractivity contribution in [2.24, 2.45) is 0 Å². The molecule has 0 aliphatic rings. The molecule has 0 aliphatic heterocycles. The molecule has 0 spiro atoms. The molecule has 2 aromatic rings. The molecule has 25 heavy (non-hydrogen) atoms. The SMILES string of the molecule is COc1ccc(Cl)cc1NC(=O)CNc1cccc(NC(C)=O)c1C. The van der Waals surface area contributed by atoms with Crippen LogP contribution < -0.4 is 20.7 Å². The summed E-state index contributed by atoms with van der Waals surface area (Å²) in [6.45, 7) is 3.37. The van der Waals surface area contributed by atoms with Crippen LogP contribution in [0, 0.1) is 6.92 Å². The average Bonchev–Trinajstić information content (AvgIpc) is 2.55. The van der Waals surface area contributed by atoms with Crippen LogP contribution in [0.15, 0.2) is 36.4 Å². The molecule has 0 atom stereocenters. The van der Waals surface area contributed by atoms with E-state index in [4.69, 9.17) is 16.3 Å². The van der Waals surface area contributed by atoms with Crippen LogP contribution in [0.5, 0.6) is 5.75 Å². The lowest BCUT2D eigenvalue weighted by Crippen LogP contribution is -2.22. The van der Waals surface area contributed by atoms with Gasteiger partial charge in [0.05, 0.1) is 19.3 Å². The normalized spacial score (nSPS) is 10.1. The van der Waals surface area contributed by atoms with E-state index in [-0.39, 0.29) is 18.4 Å². The second kappa shape index (κ2) is 8.39. The second-order valence-corrected chi connectivity index (χ2v) is 5.84. The summed E-state index contributed by atoms with van der Waals surface area (Å²) < 4.78 is 5.20. The van der Waals surface area contributed by atoms with Gasteiger partial charge in [0, 0.05) is 23.3 Å². The van der Waals surface area contributed by atoms with Gasteiger partial charge in [0.25, 0.3) is 0 Å². The van der Waals surface area contributed by atoms with Crippen molar-refractivity contribution in [3.8, 4) is 5.75 Å². The molecule has 3 N–H and O–H groups in total. The van der Waals surface area contributed by atoms with Gasteiger partial charge in [-0.1, -0.05) is 17.7 Å². The minimum atomic E-state index is -0.245. The van der Waals surface area contributed by atoms with Crippen LogP contribution in [0.25, 0.3) is 0 Å². The van der Waals surface area contributed by atoms with Crippen LogP contribution in [-0.2, 0) is 9.59 Å². The molecular weight excluding hydrogens is 342 g/mol. The Hall–Kier alpha value is -2.73. The molecule has 132 valence electrons. The maximum Gasteiger partial charge on any atom is 0.243 e. The highest BCUT2D eigenvalue weighted by Crippen LogP contribution is 2.28. The molecule has 2 aromatic carbocycles. The van der Waals surface area contributed by atoms with Gasteiger partial charge in [0.1, 0.15) is 5.75 Å². The summed E-state index contributed by atoms with van der Waals surface area (Å²) >= 11 is 5.95. The van der Waals surface area contributed by atoms with Gasteiger partial charge < -0.3 is 20.7 Å². The zero-order chi connectivity index (χ0) is 18.4. The molecule has 7 heteroatoms. The number of rotatable bonds is 6. The maximum absolute atomic E-state index is 12.2. The number of ether oxygens (including phenoxy) is 1. The number of halogens is 1. The van der Waals surface area contributed by atoms with Crippen LogP contribution in [0.1, 0.15) is 12.5 Å². The summed E-state index contributed by atoms with van der Waals surface area (Å²) in [5, 5.41) is 9.07. The lowest BCUT2D eigenvalue weighted by molar-refractivity contribution is -0.115. The molecule has 0 saturated heterocycles. The van der Waals surface area contributed by atoms with Gasteiger partial charge in [-0.15, -0.1) is 0 Å². The number of anilines is 3. The molecule has 2 rings (SSSR count). The molecule has 2 amide bonds. The van der Waals surface area contributed by atoms with Gasteiger partial charge in [-0.2, -0.15) is 0 Å². The first-order chi connectivity index (χ1) is 11.9. The standard InChI is InChI=1S/C18H20ClN3O3/c1-11-14(5-4-6-15(11)21-12(2)23)20-10-18(24)22-16-9-13(19)7-8-17(16)25-3/h4-9,20H,10H2,1-3H3,(H,21,23)(H,22,24). The van der Waals surface area contributed by atoms with Gasteiger partial charge in [-0.05, 0) is 42.8 Å². The van der Waals surface area contributed by atoms with Crippen LogP contribution in [0.2, 0.25) is 5.02 Å². The molecule has 6 nitrogen and oxygen atoms in total. The van der Waals surface area contributed by atoms with E-state index in [2.05, 4.69) is 16.0 Å². The number of hydrogen-bond acceptors (Lipinski definition) is 4. The molecule has 0 saturated carbocycles. The van der Waals surface area contributed by atoms with Crippen molar-refractivity contribution >= 4 is 40.5 Å². The zero-order valence-corrected chi connectivity index (χ0v) is 15.0. The van der Waals surface area contributed by atoms with Crippen LogP contribution in [0.3, 0.4) is 0 Å². The van der Waals surface area contributed by atoms with E-state index in [9.17, 15) is 9.59 Å². The molecule has 0 aromatic heterocycles. The van der Waals surface area contributed by atoms with Crippen molar-refractivity contribution in [3.05, 3.63) is 47.0 Å². The van der Waals surface area contributed by atoms with Crippen molar-refractivity contribution < 1.29 is 14.3 Å². The van der Waals surface area contributed by atoms with Gasteiger partial charge in [0.2, 0.25) is 11.8 Å². The monoisotopic (exact) mass is 361 g/mol. The summed E-state index contributed by atoms with van der Waals surface area (Å²) in [4.78, 5) is 23.4. The Kier molecular flexibility index (Phi) is 6.25. The van der Waals surface area contributed by atoms with E-state index in [0.29, 0.717) is 22.1 Å². The molecule has 0 radical (unpaired) electrons. The predicted octanol–water partition coefficient (Wildman–Crippen LogP) is 3.67. The van der Waals surface area contributed by atoms with E-state index < -0.39 is 0 Å². The number of carbonyl (C=O) groups excluding carboxylic acids is 2. The Bertz CT molecular complexity index is 793. The number of methoxy groups -OCH3 is 1. The van der Waals surface area contributed by atoms with Gasteiger partial charge in [-0.25, -0.2) is 0 Å². The lowest BCUT2D eigenvalue weighted by atomic mass is 10.1. The first-order valence-electron chi connectivity index (χ1n) is 7.65. The van der Waals surface area contributed by atoms with Crippen LogP contribution in [-0.4, -0.2) is 25.5 Å². The molecule has 0 fully saturated rings. The van der Waals surface area contributed by atoms with Crippen molar-refractivity contribution in [1.29, 1.82) is 0 Å². The highest BCUT2D eigenvalue weighted by molar-refractivity contribution is 6.31. The smallest absolute Gasteiger partial charge is 0.243 e. The predicted molar refractivity (Wildman–Crippen MR) is 101 cm³/mol. The number of hydrogen-bond donors (Lipinski definition) is 3. The van der Waals surface area contributed by atoms with E-state index in [1.165, 1.54) is 14.0 Å². The second-order valence-electron chi connectivity index (χ2n) is 5.41. The van der Waals surface area contributed by atoms with Crippen LogP contribution in [0.4, 0.5) is 17.1 Å². The third kappa shape index (κ3) is 5.12. The summed E-state index contributed by atoms with van der Waals surface area (Å²) in [6, 6.07) is 10.4. The number of amides is 2. The third-order valence-corrected chi connectivity index (χ3v) is 3.75. The Labute approximate surface area is 151 Å². The van der Waals surface area contributed by atoms with Crippen LogP contribution >= 0.6 is 11.6 Å². The summed E-state index contributed by atoms with van der Waals surface area (Å²) in [5.41, 5.74) is 2.82. The highest BCUT2D eigenvalue weighted by Gasteiger charge is 2.10. The van der Waals surface area contributed by atoms with Gasteiger partial charge >= 0.3 is 0 Å². The highest BCUT2D eigenvalue weighted by atomic mass is 35.5. The minimum Gasteiger partial charge on any atom is -0.495 e. The Morgan fingerprint density at radius 3 is 2.48 bits per heavy atom. The fourth-order valence-corrected chi connectivity index (χ4v) is 2.47. The van der Waals surface area contributed by atoms with E-state index >= 15 is 0 Å². The van der Waals surface area contributed by atoms with Crippen molar-refractivity contribution in [2.75, 3.05) is 29.6 Å². The maximum atomic E-state index is 12.2. The first-order valence-corrected chi connectivity index (χ1v) is 8.03. The molecule has 0 bridgehead atoms. The fraction of sp³-hybridized carbons (Fsp3) is 0.222. The van der Waals surface area contributed by atoms with E-state index in [0.717, 1.165) is 11.3 Å². The largest absolute Gasteiger partial charge is 0.495 e. The molecular formula is C18H20ClN3O3. The minimum absolute atomic E-state index is 0.0556. The van der Waals surface area contributed by atoms with Crippen molar-refractivity contribution in [3.63, 3.8) is 0 Å². The van der Waals surface area contributed by atoms with Gasteiger partial charge in [0.15, 0.2) is 0 Å². The number of carbonyl (C=O) groups is 2. The average molecular weight is 362 g/mol. The third-order valence-electron chi connectivity index (χ3n) is 3.52. The Balaban J connectivity index is 2.03. The Morgan fingerprint density at radius 1 is 1.08 bits per heavy atom. The number of nitrogens with one attached hydrogen (secondary N) is 3. The van der Waals surface area contributed by atoms with Crippen molar-refractivity contribution in [2.45, 2.75) is 13.8 Å². The molecule has 0 unspecified atom stereocenters. The van der Waals surface area contributed by atoms with Gasteiger partial charge in [-0.3, -0.25) is 9.59 Å². The first kappa shape index (κ1) is 18.6. The van der Waals surface area contributed by atoms with Crippen molar-refractivity contribution in [1.82, 2.24) is 0 Å². The fourth-order valence-electron chi connectivity index (χ4n) is 2.30. The summed E-state index contributed by atoms with van der Waals surface area (Å²) in [7, 11) is 1.52.